The summed E-state index contributed by atoms with van der Waals surface area (Å²) >= 11 is 0. The summed E-state index contributed by atoms with van der Waals surface area (Å²) in [5.41, 5.74) is 3.51. The first-order valence-corrected chi connectivity index (χ1v) is 14.9. The standard InChI is InChI=1S/C32H37N3Si/c1-31(2,3)36(32(4,5)6,27-20-14-9-15-21-27)29-23-22-28-30(33-29)35(26-18-12-8-13-19-26)24-34(28)25-16-10-7-11-17-25/h7-23H,24H2,1-6H3. The highest BCUT2D eigenvalue weighted by Crippen LogP contribution is 2.51. The second-order valence-electron chi connectivity index (χ2n) is 11.8. The first-order valence-electron chi connectivity index (χ1n) is 12.9. The maximum absolute atomic E-state index is 5.61. The van der Waals surface area contributed by atoms with E-state index < -0.39 is 8.07 Å². The van der Waals surface area contributed by atoms with Crippen LogP contribution in [0.2, 0.25) is 10.1 Å². The molecule has 0 aliphatic carbocycles. The maximum atomic E-state index is 5.61. The van der Waals surface area contributed by atoms with E-state index in [1.807, 2.05) is 0 Å². The summed E-state index contributed by atoms with van der Waals surface area (Å²) < 4.78 is 0. The van der Waals surface area contributed by atoms with Crippen LogP contribution < -0.4 is 20.3 Å². The number of aromatic nitrogens is 1. The number of hydrogen-bond donors (Lipinski definition) is 0. The third kappa shape index (κ3) is 3.84. The van der Waals surface area contributed by atoms with Crippen LogP contribution in [0.4, 0.5) is 22.9 Å². The van der Waals surface area contributed by atoms with Crippen LogP contribution in [0.3, 0.4) is 0 Å². The molecule has 1 aromatic heterocycles. The summed E-state index contributed by atoms with van der Waals surface area (Å²) in [6.07, 6.45) is 0. The predicted molar refractivity (Wildman–Crippen MR) is 157 cm³/mol. The molecule has 0 fully saturated rings. The summed E-state index contributed by atoms with van der Waals surface area (Å²) in [4.78, 5) is 10.4. The molecule has 0 spiro atoms. The third-order valence-electron chi connectivity index (χ3n) is 7.66. The van der Waals surface area contributed by atoms with Crippen molar-refractivity contribution in [1.29, 1.82) is 0 Å². The lowest BCUT2D eigenvalue weighted by Crippen LogP contribution is -2.70. The molecule has 0 atom stereocenters. The molecule has 0 N–H and O–H groups in total. The van der Waals surface area contributed by atoms with Crippen LogP contribution in [0.1, 0.15) is 41.5 Å². The molecule has 2 heterocycles. The minimum Gasteiger partial charge on any atom is -0.320 e. The van der Waals surface area contributed by atoms with Crippen molar-refractivity contribution in [2.75, 3.05) is 16.5 Å². The Kier molecular flexibility index (Phi) is 6.04. The molecule has 0 saturated heterocycles. The van der Waals surface area contributed by atoms with Crippen molar-refractivity contribution in [2.24, 2.45) is 0 Å². The van der Waals surface area contributed by atoms with E-state index >= 15 is 0 Å². The lowest BCUT2D eigenvalue weighted by molar-refractivity contribution is 0.635. The Morgan fingerprint density at radius 1 is 0.583 bits per heavy atom. The summed E-state index contributed by atoms with van der Waals surface area (Å²) in [6, 6.07) is 37.1. The Morgan fingerprint density at radius 2 is 1.06 bits per heavy atom. The van der Waals surface area contributed by atoms with Crippen LogP contribution in [0.5, 0.6) is 0 Å². The molecule has 0 saturated carbocycles. The molecule has 1 aliphatic rings. The van der Waals surface area contributed by atoms with E-state index in [0.29, 0.717) is 0 Å². The molecular formula is C32H37N3Si. The number of hydrogen-bond acceptors (Lipinski definition) is 3. The number of para-hydroxylation sites is 2. The topological polar surface area (TPSA) is 19.4 Å². The van der Waals surface area contributed by atoms with Gasteiger partial charge in [0.2, 0.25) is 0 Å². The Balaban J connectivity index is 1.77. The minimum atomic E-state index is -2.38. The van der Waals surface area contributed by atoms with Gasteiger partial charge in [-0.1, -0.05) is 113 Å². The first-order chi connectivity index (χ1) is 17.1. The van der Waals surface area contributed by atoms with Gasteiger partial charge in [0, 0.05) is 16.7 Å². The Labute approximate surface area is 217 Å². The van der Waals surface area contributed by atoms with E-state index in [1.54, 1.807) is 0 Å². The van der Waals surface area contributed by atoms with Crippen molar-refractivity contribution in [3.05, 3.63) is 103 Å². The van der Waals surface area contributed by atoms with Crippen LogP contribution in [0.25, 0.3) is 0 Å². The molecule has 0 bridgehead atoms. The quantitative estimate of drug-likeness (QED) is 0.276. The van der Waals surface area contributed by atoms with Gasteiger partial charge in [-0.15, -0.1) is 0 Å². The maximum Gasteiger partial charge on any atom is 0.158 e. The number of rotatable bonds is 4. The van der Waals surface area contributed by atoms with Gasteiger partial charge in [0.05, 0.1) is 5.69 Å². The zero-order valence-electron chi connectivity index (χ0n) is 22.4. The normalized spacial score (nSPS) is 14.2. The van der Waals surface area contributed by atoms with Gasteiger partial charge in [0.1, 0.15) is 6.67 Å². The van der Waals surface area contributed by atoms with Crippen LogP contribution in [-0.2, 0) is 0 Å². The van der Waals surface area contributed by atoms with Gasteiger partial charge in [-0.25, -0.2) is 4.98 Å². The highest BCUT2D eigenvalue weighted by atomic mass is 28.3. The number of benzene rings is 3. The lowest BCUT2D eigenvalue weighted by atomic mass is 10.2. The van der Waals surface area contributed by atoms with Crippen molar-refractivity contribution in [1.82, 2.24) is 4.98 Å². The van der Waals surface area contributed by atoms with Gasteiger partial charge < -0.3 is 9.80 Å². The van der Waals surface area contributed by atoms with Crippen LogP contribution in [0, 0.1) is 0 Å². The highest BCUT2D eigenvalue weighted by Gasteiger charge is 2.57. The number of pyridine rings is 1. The van der Waals surface area contributed by atoms with E-state index in [-0.39, 0.29) is 10.1 Å². The zero-order chi connectivity index (χ0) is 25.6. The molecule has 4 aromatic rings. The summed E-state index contributed by atoms with van der Waals surface area (Å²) in [6.45, 7) is 15.2. The Bertz CT molecular complexity index is 1310. The Morgan fingerprint density at radius 3 is 1.56 bits per heavy atom. The molecule has 5 rings (SSSR count). The van der Waals surface area contributed by atoms with E-state index in [2.05, 4.69) is 154 Å². The molecule has 0 unspecified atom stereocenters. The molecule has 3 nitrogen and oxygen atoms in total. The molecule has 184 valence electrons. The smallest absolute Gasteiger partial charge is 0.158 e. The van der Waals surface area contributed by atoms with Gasteiger partial charge in [-0.3, -0.25) is 0 Å². The number of anilines is 4. The van der Waals surface area contributed by atoms with Gasteiger partial charge in [-0.2, -0.15) is 0 Å². The summed E-state index contributed by atoms with van der Waals surface area (Å²) in [5, 5.41) is 2.82. The van der Waals surface area contributed by atoms with E-state index in [9.17, 15) is 0 Å². The molecule has 36 heavy (non-hydrogen) atoms. The SMILES string of the molecule is CC(C)(C)[Si](c1ccccc1)(c1ccc2c(n1)N(c1ccccc1)CN2c1ccccc1)C(C)(C)C. The average molecular weight is 492 g/mol. The Hall–Kier alpha value is -3.37. The second-order valence-corrected chi connectivity index (χ2v) is 17.4. The predicted octanol–water partition coefficient (Wildman–Crippen LogP) is 7.49. The average Bonchev–Trinajstić information content (AvgIpc) is 3.23. The highest BCUT2D eigenvalue weighted by molar-refractivity contribution is 7.05. The van der Waals surface area contributed by atoms with Gasteiger partial charge in [0.25, 0.3) is 0 Å². The number of fused-ring (bicyclic) bond motifs is 1. The zero-order valence-corrected chi connectivity index (χ0v) is 23.4. The molecular weight excluding hydrogens is 454 g/mol. The van der Waals surface area contributed by atoms with Crippen LogP contribution in [0.15, 0.2) is 103 Å². The van der Waals surface area contributed by atoms with Gasteiger partial charge in [0.15, 0.2) is 13.9 Å². The molecule has 1 aliphatic heterocycles. The summed E-state index contributed by atoms with van der Waals surface area (Å²) in [7, 11) is -2.38. The van der Waals surface area contributed by atoms with Crippen molar-refractivity contribution < 1.29 is 0 Å². The van der Waals surface area contributed by atoms with E-state index in [1.165, 1.54) is 21.9 Å². The van der Waals surface area contributed by atoms with E-state index in [4.69, 9.17) is 4.98 Å². The van der Waals surface area contributed by atoms with Crippen LogP contribution in [-0.4, -0.2) is 19.7 Å². The van der Waals surface area contributed by atoms with Crippen molar-refractivity contribution in [3.8, 4) is 0 Å². The van der Waals surface area contributed by atoms with E-state index in [0.717, 1.165) is 18.2 Å². The van der Waals surface area contributed by atoms with Crippen LogP contribution >= 0.6 is 0 Å². The third-order valence-corrected chi connectivity index (χ3v) is 14.4. The first kappa shape index (κ1) is 24.3. The summed E-state index contributed by atoms with van der Waals surface area (Å²) in [5.74, 6) is 1.05. The fourth-order valence-electron chi connectivity index (χ4n) is 6.58. The fourth-order valence-corrected chi connectivity index (χ4v) is 13.7. The largest absolute Gasteiger partial charge is 0.320 e. The van der Waals surface area contributed by atoms with Gasteiger partial charge in [-0.05, 0) is 46.5 Å². The monoisotopic (exact) mass is 491 g/mol. The van der Waals surface area contributed by atoms with Crippen molar-refractivity contribution in [2.45, 2.75) is 51.6 Å². The van der Waals surface area contributed by atoms with Crippen molar-refractivity contribution >= 4 is 41.5 Å². The fraction of sp³-hybridized carbons (Fsp3) is 0.281. The minimum absolute atomic E-state index is 0.0587. The van der Waals surface area contributed by atoms with Crippen molar-refractivity contribution in [3.63, 3.8) is 0 Å². The lowest BCUT2D eigenvalue weighted by Gasteiger charge is -2.51. The molecule has 3 aromatic carbocycles. The molecule has 0 amide bonds. The van der Waals surface area contributed by atoms with Gasteiger partial charge >= 0.3 is 0 Å². The molecule has 4 heteroatoms. The number of nitrogens with zero attached hydrogens (tertiary/aromatic N) is 3. The molecule has 0 radical (unpaired) electrons. The second kappa shape index (κ2) is 8.93.